The van der Waals surface area contributed by atoms with E-state index in [0.29, 0.717) is 42.2 Å². The Bertz CT molecular complexity index is 635. The Morgan fingerprint density at radius 1 is 1.27 bits per heavy atom. The fourth-order valence-electron chi connectivity index (χ4n) is 9.19. The molecule has 0 spiro atoms. The first-order chi connectivity index (χ1) is 12.3. The van der Waals surface area contributed by atoms with E-state index in [9.17, 15) is 15.0 Å². The Morgan fingerprint density at radius 2 is 2.04 bits per heavy atom. The van der Waals surface area contributed by atoms with Crippen molar-refractivity contribution < 1.29 is 15.0 Å². The van der Waals surface area contributed by atoms with Gasteiger partial charge >= 0.3 is 5.97 Å². The molecule has 0 aromatic heterocycles. The minimum absolute atomic E-state index is 0.0998. The molecular formula is C22H35NO3. The van der Waals surface area contributed by atoms with Crippen LogP contribution < -0.4 is 0 Å². The van der Waals surface area contributed by atoms with Gasteiger partial charge in [0.05, 0.1) is 5.60 Å². The van der Waals surface area contributed by atoms with Gasteiger partial charge in [0, 0.05) is 36.4 Å². The standard InChI is InChI=1S/C22H35NO3/c1-13(2)15-6-9-20(3)14-11-16-17-5-4-8-22(16,26)21(20,10-7-18(24)25)19(15)23(17)12-14/h13-17,19,26H,4-12H2,1-3H3,(H,24,25)/t14?,15-,16-,17+,19+,20?,21-,22+/m1/s1. The number of hydrogen-bond donors (Lipinski definition) is 2. The zero-order valence-corrected chi connectivity index (χ0v) is 16.6. The van der Waals surface area contributed by atoms with E-state index in [0.717, 1.165) is 12.8 Å². The van der Waals surface area contributed by atoms with Gasteiger partial charge in [0.15, 0.2) is 0 Å². The predicted octanol–water partition coefficient (Wildman–Crippen LogP) is 3.53. The summed E-state index contributed by atoms with van der Waals surface area (Å²) in [4.78, 5) is 14.4. The third-order valence-corrected chi connectivity index (χ3v) is 10.1. The van der Waals surface area contributed by atoms with E-state index in [2.05, 4.69) is 25.7 Å². The summed E-state index contributed by atoms with van der Waals surface area (Å²) in [6.45, 7) is 8.30. The van der Waals surface area contributed by atoms with E-state index >= 15 is 0 Å². The fourth-order valence-corrected chi connectivity index (χ4v) is 9.19. The van der Waals surface area contributed by atoms with E-state index in [-0.39, 0.29) is 17.3 Å². The van der Waals surface area contributed by atoms with Gasteiger partial charge in [-0.05, 0) is 68.1 Å². The number of aliphatic carboxylic acids is 1. The van der Waals surface area contributed by atoms with Gasteiger partial charge in [-0.1, -0.05) is 20.8 Å². The van der Waals surface area contributed by atoms with Crippen LogP contribution in [0.4, 0.5) is 0 Å². The summed E-state index contributed by atoms with van der Waals surface area (Å²) in [6, 6.07) is 0.917. The molecule has 3 heterocycles. The summed E-state index contributed by atoms with van der Waals surface area (Å²) in [7, 11) is 0. The maximum Gasteiger partial charge on any atom is 0.303 e. The second-order valence-corrected chi connectivity index (χ2v) is 10.8. The number of aliphatic hydroxyl groups is 1. The lowest BCUT2D eigenvalue weighted by molar-refractivity contribution is -0.376. The first-order valence-electron chi connectivity index (χ1n) is 11.0. The monoisotopic (exact) mass is 361 g/mol. The third kappa shape index (κ3) is 1.73. The molecule has 0 aromatic carbocycles. The van der Waals surface area contributed by atoms with Gasteiger partial charge in [0.1, 0.15) is 0 Å². The van der Waals surface area contributed by atoms with E-state index in [1.54, 1.807) is 0 Å². The van der Waals surface area contributed by atoms with Gasteiger partial charge in [-0.2, -0.15) is 0 Å². The molecule has 3 aliphatic heterocycles. The topological polar surface area (TPSA) is 60.8 Å². The summed E-state index contributed by atoms with van der Waals surface area (Å²) in [6.07, 6.45) is 7.68. The second-order valence-electron chi connectivity index (χ2n) is 10.8. The van der Waals surface area contributed by atoms with Crippen LogP contribution in [0, 0.1) is 34.5 Å². The molecular weight excluding hydrogens is 326 g/mol. The first kappa shape index (κ1) is 17.5. The molecule has 9 atom stereocenters. The van der Waals surface area contributed by atoms with Gasteiger partial charge in [-0.3, -0.25) is 9.69 Å². The van der Waals surface area contributed by atoms with E-state index < -0.39 is 11.6 Å². The highest BCUT2D eigenvalue weighted by atomic mass is 16.4. The summed E-state index contributed by atoms with van der Waals surface area (Å²) in [5.74, 6) is 1.49. The minimum atomic E-state index is -0.700. The number of rotatable bonds is 4. The number of nitrogens with zero attached hydrogens (tertiary/aromatic N) is 1. The molecule has 2 N–H and O–H groups in total. The summed E-state index contributed by atoms with van der Waals surface area (Å²) in [5, 5.41) is 21.9. The van der Waals surface area contributed by atoms with Crippen LogP contribution in [-0.2, 0) is 4.79 Å². The van der Waals surface area contributed by atoms with Crippen LogP contribution in [0.2, 0.25) is 0 Å². The SMILES string of the molecule is CC(C)[C@H]1CCC2(C)C3C[C@@H]4[C@@H]5CCC[C@@]4(O)[C@]2(CCC(=O)O)[C@H]1N5C3. The van der Waals surface area contributed by atoms with Crippen molar-refractivity contribution in [2.75, 3.05) is 6.54 Å². The lowest BCUT2D eigenvalue weighted by Gasteiger charge is -2.83. The van der Waals surface area contributed by atoms with Crippen LogP contribution in [0.5, 0.6) is 0 Å². The summed E-state index contributed by atoms with van der Waals surface area (Å²) < 4.78 is 0. The van der Waals surface area contributed by atoms with Crippen molar-refractivity contribution in [3.05, 3.63) is 0 Å². The third-order valence-electron chi connectivity index (χ3n) is 10.1. The molecule has 3 saturated heterocycles. The fraction of sp³-hybridized carbons (Fsp3) is 0.955. The molecule has 0 radical (unpaired) electrons. The Morgan fingerprint density at radius 3 is 2.73 bits per heavy atom. The number of hydrogen-bond acceptors (Lipinski definition) is 3. The van der Waals surface area contributed by atoms with Crippen LogP contribution in [0.15, 0.2) is 0 Å². The second kappa shape index (κ2) is 5.26. The van der Waals surface area contributed by atoms with Gasteiger partial charge in [0.2, 0.25) is 0 Å². The lowest BCUT2D eigenvalue weighted by atomic mass is 9.30. The maximum atomic E-state index is 12.3. The van der Waals surface area contributed by atoms with Crippen molar-refractivity contribution in [1.29, 1.82) is 0 Å². The summed E-state index contributed by atoms with van der Waals surface area (Å²) in [5.41, 5.74) is -0.775. The average Bonchev–Trinajstić information content (AvgIpc) is 2.57. The molecule has 0 aromatic rings. The largest absolute Gasteiger partial charge is 0.481 e. The van der Waals surface area contributed by atoms with Gasteiger partial charge in [0.25, 0.3) is 0 Å². The maximum absolute atomic E-state index is 12.3. The molecule has 146 valence electrons. The van der Waals surface area contributed by atoms with Crippen LogP contribution in [-0.4, -0.2) is 45.3 Å². The van der Waals surface area contributed by atoms with Crippen LogP contribution in [0.25, 0.3) is 0 Å². The number of piperidine rings is 3. The zero-order chi connectivity index (χ0) is 18.5. The summed E-state index contributed by atoms with van der Waals surface area (Å²) >= 11 is 0. The first-order valence-corrected chi connectivity index (χ1v) is 11.0. The van der Waals surface area contributed by atoms with Crippen LogP contribution in [0.1, 0.15) is 72.1 Å². The Hall–Kier alpha value is -0.610. The highest BCUT2D eigenvalue weighted by Crippen LogP contribution is 2.77. The van der Waals surface area contributed by atoms with Gasteiger partial charge in [-0.15, -0.1) is 0 Å². The van der Waals surface area contributed by atoms with Crippen molar-refractivity contribution in [2.45, 2.75) is 89.8 Å². The van der Waals surface area contributed by atoms with E-state index in [1.807, 2.05) is 0 Å². The zero-order valence-electron chi connectivity index (χ0n) is 16.6. The molecule has 3 unspecified atom stereocenters. The van der Waals surface area contributed by atoms with E-state index in [1.165, 1.54) is 32.2 Å². The van der Waals surface area contributed by atoms with Crippen LogP contribution >= 0.6 is 0 Å². The highest BCUT2D eigenvalue weighted by molar-refractivity contribution is 5.67. The highest BCUT2D eigenvalue weighted by Gasteiger charge is 2.80. The molecule has 3 saturated carbocycles. The normalized spacial score (nSPS) is 56.8. The van der Waals surface area contributed by atoms with Crippen molar-refractivity contribution in [3.63, 3.8) is 0 Å². The predicted molar refractivity (Wildman–Crippen MR) is 99.7 cm³/mol. The quantitative estimate of drug-likeness (QED) is 0.804. The molecule has 26 heavy (non-hydrogen) atoms. The van der Waals surface area contributed by atoms with Gasteiger partial charge in [-0.25, -0.2) is 0 Å². The molecule has 6 fully saturated rings. The van der Waals surface area contributed by atoms with Crippen molar-refractivity contribution >= 4 is 5.97 Å². The average molecular weight is 362 g/mol. The van der Waals surface area contributed by atoms with Gasteiger partial charge < -0.3 is 10.2 Å². The Balaban J connectivity index is 1.72. The molecule has 4 heteroatoms. The van der Waals surface area contributed by atoms with Crippen molar-refractivity contribution in [2.24, 2.45) is 34.5 Å². The minimum Gasteiger partial charge on any atom is -0.481 e. The molecule has 6 aliphatic rings. The molecule has 4 nitrogen and oxygen atoms in total. The molecule has 6 rings (SSSR count). The van der Waals surface area contributed by atoms with Crippen LogP contribution in [0.3, 0.4) is 0 Å². The lowest BCUT2D eigenvalue weighted by Crippen LogP contribution is -2.88. The molecule has 8 bridgehead atoms. The molecule has 0 amide bonds. The Kier molecular flexibility index (Phi) is 3.53. The Labute approximate surface area is 157 Å². The number of carbonyl (C=O) groups is 1. The van der Waals surface area contributed by atoms with Crippen molar-refractivity contribution in [3.8, 4) is 0 Å². The smallest absolute Gasteiger partial charge is 0.303 e. The number of carboxylic acid groups (broad SMARTS) is 1. The van der Waals surface area contributed by atoms with E-state index in [4.69, 9.17) is 0 Å². The molecule has 3 aliphatic carbocycles. The van der Waals surface area contributed by atoms with Crippen molar-refractivity contribution in [1.82, 2.24) is 4.90 Å². The number of carboxylic acids is 1.